The molecule has 0 aliphatic rings. The topological polar surface area (TPSA) is 84.7 Å². The molecule has 2 aromatic heterocycles. The summed E-state index contributed by atoms with van der Waals surface area (Å²) in [5, 5.41) is 13.7. The van der Waals surface area contributed by atoms with Crippen molar-refractivity contribution in [3.8, 4) is 0 Å². The number of carbonyl (C=O) groups excluding carboxylic acids is 1. The number of aromatic nitrogens is 4. The van der Waals surface area contributed by atoms with Crippen LogP contribution in [0.2, 0.25) is 0 Å². The summed E-state index contributed by atoms with van der Waals surface area (Å²) in [6.45, 7) is 5.73. The average molecular weight is 353 g/mol. The fourth-order valence-electron chi connectivity index (χ4n) is 1.86. The number of nitrogens with zero attached hydrogens (tertiary/aromatic N) is 4. The lowest BCUT2D eigenvalue weighted by Crippen LogP contribution is -2.26. The van der Waals surface area contributed by atoms with Crippen molar-refractivity contribution in [3.05, 3.63) is 34.5 Å². The Bertz CT molecular complexity index is 627. The summed E-state index contributed by atoms with van der Waals surface area (Å²) in [6.07, 6.45) is 3.30. The molecule has 0 unspecified atom stereocenters. The molecule has 0 aliphatic carbocycles. The Kier molecular flexibility index (Phi) is 5.26. The van der Waals surface area contributed by atoms with E-state index in [4.69, 9.17) is 0 Å². The number of aryl methyl sites for hydroxylation is 1. The van der Waals surface area contributed by atoms with Crippen molar-refractivity contribution in [2.75, 3.05) is 11.9 Å². The van der Waals surface area contributed by atoms with Gasteiger partial charge in [0.1, 0.15) is 12.1 Å². The first-order valence-corrected chi connectivity index (χ1v) is 7.49. The number of halogens is 1. The number of nitrogens with one attached hydrogen (secondary N) is 2. The van der Waals surface area contributed by atoms with Crippen molar-refractivity contribution < 1.29 is 4.79 Å². The van der Waals surface area contributed by atoms with Crippen molar-refractivity contribution in [2.24, 2.45) is 0 Å². The van der Waals surface area contributed by atoms with Gasteiger partial charge in [-0.3, -0.25) is 4.79 Å². The maximum absolute atomic E-state index is 12.3. The molecule has 0 aromatic carbocycles. The number of hydrogen-bond acceptors (Lipinski definition) is 5. The molecule has 21 heavy (non-hydrogen) atoms. The fourth-order valence-corrected chi connectivity index (χ4v) is 2.19. The van der Waals surface area contributed by atoms with E-state index in [0.717, 1.165) is 16.8 Å². The van der Waals surface area contributed by atoms with Crippen LogP contribution in [0.15, 0.2) is 23.1 Å². The fraction of sp³-hybridized carbons (Fsp3) is 0.385. The van der Waals surface area contributed by atoms with Gasteiger partial charge >= 0.3 is 0 Å². The highest BCUT2D eigenvalue weighted by atomic mass is 79.9. The standard InChI is InChI=1S/C13H17BrN6O/c1-3-15-12-10(5-9(14)6-16-12)13(21)17-7-11-19-18-8-20(11)4-2/h5-6,8H,3-4,7H2,1-2H3,(H,15,16)(H,17,21). The Balaban J connectivity index is 2.11. The van der Waals surface area contributed by atoms with E-state index < -0.39 is 0 Å². The highest BCUT2D eigenvalue weighted by Gasteiger charge is 2.14. The van der Waals surface area contributed by atoms with Crippen LogP contribution in [-0.2, 0) is 13.1 Å². The van der Waals surface area contributed by atoms with E-state index in [0.29, 0.717) is 24.5 Å². The van der Waals surface area contributed by atoms with E-state index in [1.807, 2.05) is 18.4 Å². The molecule has 0 saturated carbocycles. The predicted molar refractivity (Wildman–Crippen MR) is 83.0 cm³/mol. The first-order chi connectivity index (χ1) is 10.2. The van der Waals surface area contributed by atoms with Crippen LogP contribution >= 0.6 is 15.9 Å². The maximum Gasteiger partial charge on any atom is 0.255 e. The highest BCUT2D eigenvalue weighted by Crippen LogP contribution is 2.18. The molecule has 2 heterocycles. The summed E-state index contributed by atoms with van der Waals surface area (Å²) < 4.78 is 2.64. The van der Waals surface area contributed by atoms with Crippen molar-refractivity contribution in [3.63, 3.8) is 0 Å². The zero-order chi connectivity index (χ0) is 15.2. The molecule has 2 aromatic rings. The van der Waals surface area contributed by atoms with Gasteiger partial charge in [-0.15, -0.1) is 10.2 Å². The molecule has 0 bridgehead atoms. The molecule has 0 aliphatic heterocycles. The van der Waals surface area contributed by atoms with E-state index >= 15 is 0 Å². The predicted octanol–water partition coefficient (Wildman–Crippen LogP) is 1.82. The summed E-state index contributed by atoms with van der Waals surface area (Å²) in [5.41, 5.74) is 0.494. The van der Waals surface area contributed by atoms with Gasteiger partial charge in [0, 0.05) is 23.8 Å². The number of anilines is 1. The van der Waals surface area contributed by atoms with E-state index in [9.17, 15) is 4.79 Å². The summed E-state index contributed by atoms with van der Waals surface area (Å²) >= 11 is 3.33. The van der Waals surface area contributed by atoms with Crippen LogP contribution in [-0.4, -0.2) is 32.2 Å². The van der Waals surface area contributed by atoms with Crippen LogP contribution < -0.4 is 10.6 Å². The molecule has 1 amide bonds. The highest BCUT2D eigenvalue weighted by molar-refractivity contribution is 9.10. The number of amides is 1. The third-order valence-electron chi connectivity index (χ3n) is 2.89. The maximum atomic E-state index is 12.3. The smallest absolute Gasteiger partial charge is 0.255 e. The first-order valence-electron chi connectivity index (χ1n) is 6.70. The van der Waals surface area contributed by atoms with Gasteiger partial charge in [0.05, 0.1) is 12.1 Å². The Morgan fingerprint density at radius 2 is 2.24 bits per heavy atom. The minimum Gasteiger partial charge on any atom is -0.370 e. The molecule has 2 N–H and O–H groups in total. The molecule has 0 atom stereocenters. The second kappa shape index (κ2) is 7.16. The molecular weight excluding hydrogens is 336 g/mol. The van der Waals surface area contributed by atoms with E-state index in [1.165, 1.54) is 0 Å². The van der Waals surface area contributed by atoms with Crippen molar-refractivity contribution in [1.29, 1.82) is 0 Å². The lowest BCUT2D eigenvalue weighted by atomic mass is 10.2. The summed E-state index contributed by atoms with van der Waals surface area (Å²) in [7, 11) is 0. The molecule has 8 heteroatoms. The second-order valence-electron chi connectivity index (χ2n) is 4.30. The van der Waals surface area contributed by atoms with E-state index in [2.05, 4.69) is 41.7 Å². The van der Waals surface area contributed by atoms with Gasteiger partial charge < -0.3 is 15.2 Å². The molecule has 7 nitrogen and oxygen atoms in total. The first kappa shape index (κ1) is 15.4. The minimum absolute atomic E-state index is 0.203. The zero-order valence-electron chi connectivity index (χ0n) is 11.9. The summed E-state index contributed by atoms with van der Waals surface area (Å²) in [5.74, 6) is 1.08. The lowest BCUT2D eigenvalue weighted by Gasteiger charge is -2.10. The van der Waals surface area contributed by atoms with Crippen molar-refractivity contribution >= 4 is 27.7 Å². The van der Waals surface area contributed by atoms with Gasteiger partial charge in [-0.2, -0.15) is 0 Å². The van der Waals surface area contributed by atoms with Gasteiger partial charge in [-0.25, -0.2) is 4.98 Å². The molecule has 0 radical (unpaired) electrons. The van der Waals surface area contributed by atoms with Crippen LogP contribution in [0.3, 0.4) is 0 Å². The Morgan fingerprint density at radius 1 is 1.43 bits per heavy atom. The third-order valence-corrected chi connectivity index (χ3v) is 3.32. The molecule has 0 spiro atoms. The molecular formula is C13H17BrN6O. The second-order valence-corrected chi connectivity index (χ2v) is 5.21. The molecule has 2 rings (SSSR count). The monoisotopic (exact) mass is 352 g/mol. The van der Waals surface area contributed by atoms with E-state index in [1.54, 1.807) is 18.6 Å². The SMILES string of the molecule is CCNc1ncc(Br)cc1C(=O)NCc1nncn1CC. The zero-order valence-corrected chi connectivity index (χ0v) is 13.5. The number of carbonyl (C=O) groups is 1. The van der Waals surface area contributed by atoms with Gasteiger partial charge in [-0.05, 0) is 35.8 Å². The number of hydrogen-bond donors (Lipinski definition) is 2. The van der Waals surface area contributed by atoms with Crippen LogP contribution in [0.25, 0.3) is 0 Å². The van der Waals surface area contributed by atoms with Gasteiger partial charge in [0.25, 0.3) is 5.91 Å². The number of rotatable bonds is 6. The lowest BCUT2D eigenvalue weighted by molar-refractivity contribution is 0.0950. The van der Waals surface area contributed by atoms with Crippen LogP contribution in [0.1, 0.15) is 30.0 Å². The molecule has 0 saturated heterocycles. The van der Waals surface area contributed by atoms with Crippen LogP contribution in [0.5, 0.6) is 0 Å². The van der Waals surface area contributed by atoms with Crippen molar-refractivity contribution in [2.45, 2.75) is 26.9 Å². The quantitative estimate of drug-likeness (QED) is 0.828. The normalized spacial score (nSPS) is 10.4. The minimum atomic E-state index is -0.203. The van der Waals surface area contributed by atoms with Crippen LogP contribution in [0.4, 0.5) is 5.82 Å². The Morgan fingerprint density at radius 3 is 2.95 bits per heavy atom. The Labute approximate surface area is 131 Å². The van der Waals surface area contributed by atoms with Gasteiger partial charge in [0.15, 0.2) is 5.82 Å². The third kappa shape index (κ3) is 3.78. The van der Waals surface area contributed by atoms with Gasteiger partial charge in [-0.1, -0.05) is 0 Å². The summed E-state index contributed by atoms with van der Waals surface area (Å²) in [4.78, 5) is 16.5. The number of pyridine rings is 1. The Hall–Kier alpha value is -1.96. The molecule has 112 valence electrons. The van der Waals surface area contributed by atoms with Crippen molar-refractivity contribution in [1.82, 2.24) is 25.1 Å². The average Bonchev–Trinajstić information content (AvgIpc) is 2.94. The largest absolute Gasteiger partial charge is 0.370 e. The summed E-state index contributed by atoms with van der Waals surface area (Å²) in [6, 6.07) is 1.74. The van der Waals surface area contributed by atoms with Crippen LogP contribution in [0, 0.1) is 0 Å². The van der Waals surface area contributed by atoms with Gasteiger partial charge in [0.2, 0.25) is 0 Å². The molecule has 0 fully saturated rings. The van der Waals surface area contributed by atoms with E-state index in [-0.39, 0.29) is 5.91 Å².